The van der Waals surface area contributed by atoms with Crippen LogP contribution in [0.2, 0.25) is 0 Å². The molecular weight excluding hydrogens is 424 g/mol. The molecule has 30 heavy (non-hydrogen) atoms. The number of hydrogen-bond acceptors (Lipinski definition) is 10. The number of carbonyl (C=O) groups excluding carboxylic acids is 2. The number of nitrogens with zero attached hydrogens (tertiary/aromatic N) is 3. The maximum Gasteiger partial charge on any atom is 0.348 e. The summed E-state index contributed by atoms with van der Waals surface area (Å²) in [6, 6.07) is 9.54. The van der Waals surface area contributed by atoms with Gasteiger partial charge in [-0.3, -0.25) is 5.43 Å². The Balaban J connectivity index is 1.99. The fourth-order valence-corrected chi connectivity index (χ4v) is 4.57. The first-order valence-corrected chi connectivity index (χ1v) is 10.7. The Labute approximate surface area is 180 Å². The molecule has 0 atom stereocenters. The van der Waals surface area contributed by atoms with Crippen LogP contribution in [-0.2, 0) is 9.47 Å². The molecule has 0 amide bonds. The lowest BCUT2D eigenvalue weighted by Gasteiger charge is -2.05. The average molecular weight is 443 g/mol. The number of thiazole rings is 1. The molecule has 2 heterocycles. The summed E-state index contributed by atoms with van der Waals surface area (Å²) >= 11 is 2.36. The topological polar surface area (TPSA) is 114 Å². The summed E-state index contributed by atoms with van der Waals surface area (Å²) < 4.78 is 11.1. The van der Waals surface area contributed by atoms with Gasteiger partial charge in [-0.1, -0.05) is 12.1 Å². The predicted molar refractivity (Wildman–Crippen MR) is 116 cm³/mol. The second-order valence-electron chi connectivity index (χ2n) is 5.87. The highest BCUT2D eigenvalue weighted by atomic mass is 32.1. The number of esters is 2. The Morgan fingerprint density at radius 3 is 2.53 bits per heavy atom. The third kappa shape index (κ3) is 4.32. The van der Waals surface area contributed by atoms with Crippen LogP contribution < -0.4 is 5.43 Å². The largest absolute Gasteiger partial charge is 0.462 e. The minimum absolute atomic E-state index is 0.0646. The number of nitrogens with one attached hydrogen (secondary N) is 1. The summed E-state index contributed by atoms with van der Waals surface area (Å²) in [5, 5.41) is 14.4. The monoisotopic (exact) mass is 442 g/mol. The second kappa shape index (κ2) is 9.47. The Bertz CT molecular complexity index is 1140. The quantitative estimate of drug-likeness (QED) is 0.328. The van der Waals surface area contributed by atoms with Crippen LogP contribution in [0.3, 0.4) is 0 Å². The Hall–Kier alpha value is -3.29. The van der Waals surface area contributed by atoms with Crippen LogP contribution in [0.4, 0.5) is 5.00 Å². The molecule has 154 valence electrons. The van der Waals surface area contributed by atoms with Crippen LogP contribution >= 0.6 is 22.7 Å². The van der Waals surface area contributed by atoms with E-state index in [4.69, 9.17) is 9.47 Å². The lowest BCUT2D eigenvalue weighted by molar-refractivity contribution is 0.0527. The number of fused-ring (bicyclic) bond motifs is 1. The van der Waals surface area contributed by atoms with E-state index in [1.165, 1.54) is 11.3 Å². The third-order valence-corrected chi connectivity index (χ3v) is 6.18. The zero-order valence-electron chi connectivity index (χ0n) is 16.5. The van der Waals surface area contributed by atoms with Crippen LogP contribution in [0.1, 0.15) is 44.4 Å². The van der Waals surface area contributed by atoms with Gasteiger partial charge in [-0.25, -0.2) is 14.6 Å². The number of thiophene rings is 1. The van der Waals surface area contributed by atoms with Crippen molar-refractivity contribution in [3.8, 4) is 6.07 Å². The molecule has 10 heteroatoms. The number of rotatable bonds is 7. The summed E-state index contributed by atoms with van der Waals surface area (Å²) in [5.74, 6) is -1.12. The first-order valence-electron chi connectivity index (χ1n) is 9.07. The lowest BCUT2D eigenvalue weighted by atomic mass is 10.1. The number of para-hydroxylation sites is 1. The van der Waals surface area contributed by atoms with Crippen LogP contribution in [0.5, 0.6) is 0 Å². The fourth-order valence-electron chi connectivity index (χ4n) is 2.63. The van der Waals surface area contributed by atoms with E-state index in [9.17, 15) is 14.9 Å². The van der Waals surface area contributed by atoms with Crippen molar-refractivity contribution in [2.45, 2.75) is 20.8 Å². The Morgan fingerprint density at radius 1 is 1.17 bits per heavy atom. The van der Waals surface area contributed by atoms with E-state index in [1.54, 1.807) is 20.8 Å². The highest BCUT2D eigenvalue weighted by Gasteiger charge is 2.26. The van der Waals surface area contributed by atoms with Gasteiger partial charge in [0.05, 0.1) is 29.0 Å². The molecular formula is C20H18N4O4S2. The maximum absolute atomic E-state index is 12.5. The van der Waals surface area contributed by atoms with E-state index >= 15 is 0 Å². The van der Waals surface area contributed by atoms with Crippen molar-refractivity contribution in [1.82, 2.24) is 4.98 Å². The Morgan fingerprint density at radius 2 is 1.87 bits per heavy atom. The second-order valence-corrected chi connectivity index (χ2v) is 7.92. The van der Waals surface area contributed by atoms with Crippen molar-refractivity contribution in [2.24, 2.45) is 5.10 Å². The van der Waals surface area contributed by atoms with Gasteiger partial charge in [0.2, 0.25) is 0 Å². The van der Waals surface area contributed by atoms with Gasteiger partial charge in [-0.15, -0.1) is 22.7 Å². The van der Waals surface area contributed by atoms with Gasteiger partial charge in [0, 0.05) is 0 Å². The first kappa shape index (κ1) is 21.4. The smallest absolute Gasteiger partial charge is 0.348 e. The summed E-state index contributed by atoms with van der Waals surface area (Å²) in [5.41, 5.74) is 4.21. The zero-order valence-corrected chi connectivity index (χ0v) is 18.1. The number of anilines is 1. The van der Waals surface area contributed by atoms with Gasteiger partial charge in [-0.2, -0.15) is 10.4 Å². The van der Waals surface area contributed by atoms with E-state index in [-0.39, 0.29) is 29.4 Å². The highest BCUT2D eigenvalue weighted by molar-refractivity contribution is 7.20. The molecule has 0 saturated heterocycles. The van der Waals surface area contributed by atoms with Gasteiger partial charge < -0.3 is 9.47 Å². The number of hydrogen-bond donors (Lipinski definition) is 1. The molecule has 0 aliphatic carbocycles. The van der Waals surface area contributed by atoms with E-state index in [0.717, 1.165) is 21.6 Å². The number of benzene rings is 1. The molecule has 0 bridgehead atoms. The molecule has 0 spiro atoms. The summed E-state index contributed by atoms with van der Waals surface area (Å²) in [7, 11) is 0. The standard InChI is InChI=1S/C20H18N4O4S2/c1-4-27-19(25)15-11(3)16(20(26)28-5-2)30-18(15)24-23-13(10-21)17-22-12-8-6-7-9-14(12)29-17/h6-9,24H,4-5H2,1-3H3/b23-13-. The fraction of sp³-hybridized carbons (Fsp3) is 0.250. The summed E-state index contributed by atoms with van der Waals surface area (Å²) in [6.45, 7) is 5.43. The molecule has 2 aromatic heterocycles. The van der Waals surface area contributed by atoms with Crippen LogP contribution in [-0.4, -0.2) is 35.8 Å². The molecule has 8 nitrogen and oxygen atoms in total. The molecule has 1 N–H and O–H groups in total. The first-order chi connectivity index (χ1) is 14.5. The van der Waals surface area contributed by atoms with Gasteiger partial charge in [0.15, 0.2) is 10.7 Å². The van der Waals surface area contributed by atoms with E-state index in [2.05, 4.69) is 15.5 Å². The predicted octanol–water partition coefficient (Wildman–Crippen LogP) is 4.36. The van der Waals surface area contributed by atoms with Crippen LogP contribution in [0.25, 0.3) is 10.2 Å². The van der Waals surface area contributed by atoms with Crippen molar-refractivity contribution in [3.63, 3.8) is 0 Å². The lowest BCUT2D eigenvalue weighted by Crippen LogP contribution is -2.09. The normalized spacial score (nSPS) is 11.2. The van der Waals surface area contributed by atoms with Gasteiger partial charge in [-0.05, 0) is 38.5 Å². The summed E-state index contributed by atoms with van der Waals surface area (Å²) in [6.07, 6.45) is 0. The van der Waals surface area contributed by atoms with Crippen LogP contribution in [0, 0.1) is 18.3 Å². The molecule has 0 aliphatic heterocycles. The maximum atomic E-state index is 12.5. The van der Waals surface area contributed by atoms with Gasteiger partial charge in [0.25, 0.3) is 0 Å². The number of ether oxygens (including phenoxy) is 2. The third-order valence-electron chi connectivity index (χ3n) is 3.96. The average Bonchev–Trinajstić information content (AvgIpc) is 3.30. The van der Waals surface area contributed by atoms with E-state index in [0.29, 0.717) is 15.6 Å². The van der Waals surface area contributed by atoms with Crippen molar-refractivity contribution in [3.05, 3.63) is 45.3 Å². The molecule has 3 aromatic rings. The van der Waals surface area contributed by atoms with Crippen molar-refractivity contribution in [2.75, 3.05) is 18.6 Å². The molecule has 0 fully saturated rings. The Kier molecular flexibility index (Phi) is 6.76. The zero-order chi connectivity index (χ0) is 21.7. The molecule has 0 unspecified atom stereocenters. The number of carbonyl (C=O) groups is 2. The van der Waals surface area contributed by atoms with E-state index in [1.807, 2.05) is 30.3 Å². The molecule has 0 radical (unpaired) electrons. The summed E-state index contributed by atoms with van der Waals surface area (Å²) in [4.78, 5) is 29.4. The SMILES string of the molecule is CCOC(=O)c1sc(N/N=C(/C#N)c2nc3ccccc3s2)c(C(=O)OCC)c1C. The van der Waals surface area contributed by atoms with Crippen molar-refractivity contribution in [1.29, 1.82) is 5.26 Å². The number of aromatic nitrogens is 1. The molecule has 0 saturated carbocycles. The number of hydrazone groups is 1. The highest BCUT2D eigenvalue weighted by Crippen LogP contribution is 2.34. The van der Waals surface area contributed by atoms with Crippen molar-refractivity contribution < 1.29 is 19.1 Å². The molecule has 3 rings (SSSR count). The number of nitriles is 1. The van der Waals surface area contributed by atoms with Gasteiger partial charge in [0.1, 0.15) is 15.9 Å². The molecule has 0 aliphatic rings. The molecule has 1 aromatic carbocycles. The van der Waals surface area contributed by atoms with E-state index < -0.39 is 11.9 Å². The van der Waals surface area contributed by atoms with Gasteiger partial charge >= 0.3 is 11.9 Å². The minimum Gasteiger partial charge on any atom is -0.462 e. The minimum atomic E-state index is -0.585. The van der Waals surface area contributed by atoms with Crippen LogP contribution in [0.15, 0.2) is 29.4 Å². The van der Waals surface area contributed by atoms with Crippen molar-refractivity contribution >= 4 is 55.5 Å².